The van der Waals surface area contributed by atoms with Gasteiger partial charge in [-0.05, 0) is 127 Å². The van der Waals surface area contributed by atoms with Gasteiger partial charge >= 0.3 is 0 Å². The number of nitrogens with zero attached hydrogens (tertiary/aromatic N) is 17. The van der Waals surface area contributed by atoms with E-state index in [2.05, 4.69) is 51.0 Å². The van der Waals surface area contributed by atoms with Gasteiger partial charge < -0.3 is 80.1 Å². The molecule has 0 saturated carbocycles. The first kappa shape index (κ1) is 95.2. The average molecular weight is 1800 g/mol. The maximum Gasteiger partial charge on any atom is 0.274 e. The SMILES string of the molecule is CC(=O)NCc1nn(C)c(C)c1CCOc1c(F)cccc1-c1ccc2ncc(CCN)n2c1.CNC(=O)c1nn(C)c(C)c1CCOc1c(F)cccc1-c1ccc2ncc(CCN)n2c1.Cc1c(CCOc2c(F)cccc2-c2ccc3ncc(CCN)n3c2)c(C(=O)N(C)C)nn1C.Cc1c(CCOc2c(F)cccc2-c2ccc3ncc(CCN)n3c2)c(CO)nn1C. The van der Waals surface area contributed by atoms with Crippen molar-refractivity contribution in [1.29, 1.82) is 0 Å². The van der Waals surface area contributed by atoms with Crippen LogP contribution in [-0.2, 0) is 97.5 Å². The minimum absolute atomic E-state index is 0.119. The zero-order valence-electron chi connectivity index (χ0n) is 76.1. The summed E-state index contributed by atoms with van der Waals surface area (Å²) < 4.78 is 97.9. The van der Waals surface area contributed by atoms with Gasteiger partial charge in [-0.3, -0.25) is 33.1 Å². The molecule has 0 aliphatic heterocycles. The maximum absolute atomic E-state index is 14.9. The Hall–Kier alpha value is -14.4. The summed E-state index contributed by atoms with van der Waals surface area (Å²) in [6.07, 6.45) is 19.6. The van der Waals surface area contributed by atoms with Gasteiger partial charge in [0.15, 0.2) is 57.7 Å². The lowest BCUT2D eigenvalue weighted by Crippen LogP contribution is -2.23. The summed E-state index contributed by atoms with van der Waals surface area (Å²) in [5.74, 6) is -1.55. The fraction of sp³-hybridized carbons (Fsp3) is 0.309. The summed E-state index contributed by atoms with van der Waals surface area (Å²) in [7, 11) is 12.2. The number of benzene rings is 4. The standard InChI is InChI=1S/2C25H29FN6O2.C24H27FN6O2.C23H26FN5O2/c1-16-19(23(29-31(16)4)25(33)30(2)3)11-13-34-24-20(6-5-7-21(24)26)17-8-9-22-28-14-18(10-12-27)32(22)15-17;1-16-20(23(30-31(16)3)14-28-17(2)33)10-12-34-25-21(5-4-6-22(25)26)18-7-8-24-29-13-19(9-11-27)32(24)15-18;1-15-18(22(24(32)27-2)29-30(15)3)10-12-33-23-19(5-4-6-20(23)25)16-7-8-21-28-13-17(9-11-26)31(21)14-16;1-15-18(21(14-30)27-28(15)2)9-11-31-23-19(4-3-5-20(23)24)16-6-7-22-26-12-17(8-10-25)29(22)13-16/h5-9,14-15H,10-13,27H2,1-4H3;4-8,13,15H,9-12,14,27H2,1-3H3,(H,28,33);4-8,13-14H,9-12,26H2,1-3H3,(H,27,32);3-7,12-13,30H,8-11,14,25H2,1-2H3. The highest BCUT2D eigenvalue weighted by Crippen LogP contribution is 2.39. The number of carbonyl (C=O) groups is 3. The van der Waals surface area contributed by atoms with Gasteiger partial charge in [-0.15, -0.1) is 0 Å². The van der Waals surface area contributed by atoms with Crippen LogP contribution in [0.25, 0.3) is 67.1 Å². The van der Waals surface area contributed by atoms with Crippen molar-refractivity contribution in [3.63, 3.8) is 0 Å². The second-order valence-electron chi connectivity index (χ2n) is 31.8. The first-order valence-corrected chi connectivity index (χ1v) is 43.4. The van der Waals surface area contributed by atoms with Crippen molar-refractivity contribution < 1.29 is 56.0 Å². The third kappa shape index (κ3) is 21.4. The molecule has 4 aromatic carbocycles. The van der Waals surface area contributed by atoms with E-state index in [-0.39, 0.29) is 73.8 Å². The third-order valence-corrected chi connectivity index (χ3v) is 23.1. The van der Waals surface area contributed by atoms with E-state index in [9.17, 15) is 37.1 Å². The van der Waals surface area contributed by atoms with Gasteiger partial charge in [-0.1, -0.05) is 48.5 Å². The molecule has 31 nitrogen and oxygen atoms in total. The molecule has 16 aromatic rings. The molecular formula is C97H111F4N23O8. The van der Waals surface area contributed by atoms with Crippen LogP contribution in [0.1, 0.15) is 107 Å². The number of aryl methyl sites for hydroxylation is 4. The molecule has 690 valence electrons. The number of fused-ring (bicyclic) bond motifs is 4. The van der Waals surface area contributed by atoms with Gasteiger partial charge in [-0.2, -0.15) is 20.4 Å². The summed E-state index contributed by atoms with van der Waals surface area (Å²) in [6.45, 7) is 12.3. The van der Waals surface area contributed by atoms with E-state index in [1.807, 2.05) is 169 Å². The van der Waals surface area contributed by atoms with Crippen LogP contribution in [0.4, 0.5) is 17.6 Å². The Morgan fingerprint density at radius 1 is 0.402 bits per heavy atom. The molecule has 0 spiro atoms. The normalized spacial score (nSPS) is 11.2. The highest BCUT2D eigenvalue weighted by molar-refractivity contribution is 5.94. The molecule has 132 heavy (non-hydrogen) atoms. The molecule has 0 fully saturated rings. The lowest BCUT2D eigenvalue weighted by molar-refractivity contribution is -0.119. The number of aliphatic hydroxyl groups is 1. The first-order chi connectivity index (χ1) is 63.7. The van der Waals surface area contributed by atoms with Crippen molar-refractivity contribution in [3.8, 4) is 67.5 Å². The second-order valence-corrected chi connectivity index (χ2v) is 31.8. The molecule has 35 heteroatoms. The number of hydrogen-bond acceptors (Lipinski definition) is 20. The van der Waals surface area contributed by atoms with Crippen LogP contribution in [0.5, 0.6) is 23.0 Å². The highest BCUT2D eigenvalue weighted by atomic mass is 19.1. The molecule has 16 rings (SSSR count). The van der Waals surface area contributed by atoms with Crippen LogP contribution in [0.3, 0.4) is 0 Å². The Morgan fingerprint density at radius 3 is 0.992 bits per heavy atom. The number of imidazole rings is 4. The predicted molar refractivity (Wildman–Crippen MR) is 497 cm³/mol. The van der Waals surface area contributed by atoms with Gasteiger partial charge in [0, 0.05) is 270 Å². The number of nitrogens with two attached hydrogens (primary N) is 4. The fourth-order valence-corrected chi connectivity index (χ4v) is 15.8. The third-order valence-electron chi connectivity index (χ3n) is 23.1. The topological polar surface area (TPSA) is 380 Å². The average Bonchev–Trinajstić information content (AvgIpc) is 1.14. The Kier molecular flexibility index (Phi) is 31.3. The molecule has 12 heterocycles. The van der Waals surface area contributed by atoms with Crippen LogP contribution >= 0.6 is 0 Å². The summed E-state index contributed by atoms with van der Waals surface area (Å²) in [4.78, 5) is 55.2. The van der Waals surface area contributed by atoms with Gasteiger partial charge in [0.2, 0.25) is 5.91 Å². The number of rotatable bonds is 33. The number of hydrogen-bond donors (Lipinski definition) is 7. The van der Waals surface area contributed by atoms with Crippen molar-refractivity contribution >= 4 is 40.3 Å². The maximum atomic E-state index is 14.9. The van der Waals surface area contributed by atoms with E-state index in [4.69, 9.17) is 41.9 Å². The molecule has 12 aromatic heterocycles. The molecule has 0 saturated heterocycles. The Morgan fingerprint density at radius 2 is 0.689 bits per heavy atom. The molecule has 0 aliphatic carbocycles. The first-order valence-electron chi connectivity index (χ1n) is 43.4. The van der Waals surface area contributed by atoms with E-state index in [1.165, 1.54) is 36.1 Å². The van der Waals surface area contributed by atoms with E-state index in [0.717, 1.165) is 118 Å². The van der Waals surface area contributed by atoms with E-state index >= 15 is 0 Å². The van der Waals surface area contributed by atoms with Crippen LogP contribution in [0, 0.1) is 51.0 Å². The summed E-state index contributed by atoms with van der Waals surface area (Å²) >= 11 is 0. The quantitative estimate of drug-likeness (QED) is 0.0188. The summed E-state index contributed by atoms with van der Waals surface area (Å²) in [5.41, 5.74) is 45.3. The van der Waals surface area contributed by atoms with Gasteiger partial charge in [-0.25, -0.2) is 37.5 Å². The Labute approximate surface area is 761 Å². The zero-order valence-corrected chi connectivity index (χ0v) is 76.1. The number of pyridine rings is 4. The van der Waals surface area contributed by atoms with E-state index in [1.54, 1.807) is 90.6 Å². The number of aliphatic hydroxyl groups excluding tert-OH is 1. The number of ether oxygens (including phenoxy) is 4. The second kappa shape index (κ2) is 43.4. The van der Waals surface area contributed by atoms with Crippen molar-refractivity contribution in [1.82, 2.24) is 92.2 Å². The van der Waals surface area contributed by atoms with Gasteiger partial charge in [0.05, 0.1) is 51.0 Å². The number of para-hydroxylation sites is 4. The summed E-state index contributed by atoms with van der Waals surface area (Å²) in [5, 5.41) is 32.4. The van der Waals surface area contributed by atoms with Crippen molar-refractivity contribution in [2.45, 2.75) is 99.1 Å². The largest absolute Gasteiger partial charge is 0.490 e. The molecule has 0 unspecified atom stereocenters. The molecule has 3 amide bonds. The monoisotopic (exact) mass is 1800 g/mol. The lowest BCUT2D eigenvalue weighted by Gasteiger charge is -2.14. The minimum atomic E-state index is -0.449. The van der Waals surface area contributed by atoms with Crippen LogP contribution in [0.15, 0.2) is 171 Å². The van der Waals surface area contributed by atoms with E-state index < -0.39 is 23.3 Å². The highest BCUT2D eigenvalue weighted by Gasteiger charge is 2.26. The van der Waals surface area contributed by atoms with Crippen molar-refractivity contribution in [3.05, 3.63) is 285 Å². The fourth-order valence-electron chi connectivity index (χ4n) is 15.8. The number of nitrogens with one attached hydrogen (secondary N) is 2. The minimum Gasteiger partial charge on any atom is -0.490 e. The molecule has 0 bridgehead atoms. The molecule has 0 radical (unpaired) electrons. The Bertz CT molecular complexity index is 6790. The van der Waals surface area contributed by atoms with Gasteiger partial charge in [0.1, 0.15) is 22.6 Å². The molecule has 11 N–H and O–H groups in total. The lowest BCUT2D eigenvalue weighted by atomic mass is 10.1. The van der Waals surface area contributed by atoms with Crippen LogP contribution < -0.4 is 52.5 Å². The predicted octanol–water partition coefficient (Wildman–Crippen LogP) is 11.4. The molecule has 0 atom stereocenters. The van der Waals surface area contributed by atoms with Crippen molar-refractivity contribution in [2.24, 2.45) is 51.1 Å². The number of carbonyl (C=O) groups excluding carboxylic acids is 3. The number of aromatic nitrogens is 16. The summed E-state index contributed by atoms with van der Waals surface area (Å²) in [6, 6.07) is 34.7. The Balaban J connectivity index is 0.000000150. The zero-order chi connectivity index (χ0) is 94.1. The van der Waals surface area contributed by atoms with Crippen LogP contribution in [-0.4, -0.2) is 178 Å². The number of halogens is 4. The van der Waals surface area contributed by atoms with Crippen molar-refractivity contribution in [2.75, 3.05) is 73.7 Å². The van der Waals surface area contributed by atoms with E-state index in [0.29, 0.717) is 123 Å². The molecular weight excluding hydrogens is 1690 g/mol. The van der Waals surface area contributed by atoms with Gasteiger partial charge in [0.25, 0.3) is 11.8 Å². The number of amides is 3. The van der Waals surface area contributed by atoms with Crippen LogP contribution in [0.2, 0.25) is 0 Å². The smallest absolute Gasteiger partial charge is 0.274 e. The molecule has 0 aliphatic rings.